The van der Waals surface area contributed by atoms with Crippen LogP contribution in [-0.2, 0) is 9.59 Å². The van der Waals surface area contributed by atoms with Crippen molar-refractivity contribution in [2.45, 2.75) is 6.04 Å². The number of likely N-dealkylation sites (N-methyl/N-ethyl adjacent to an activating group) is 1. The van der Waals surface area contributed by atoms with Crippen LogP contribution in [0.4, 0.5) is 0 Å². The molecule has 2 aromatic rings. The third-order valence-corrected chi connectivity index (χ3v) is 3.84. The number of ketones is 1. The zero-order chi connectivity index (χ0) is 15.7. The van der Waals surface area contributed by atoms with Gasteiger partial charge in [-0.1, -0.05) is 60.7 Å². The Morgan fingerprint density at radius 1 is 0.955 bits per heavy atom. The lowest BCUT2D eigenvalue weighted by atomic mass is 9.95. The molecule has 4 heteroatoms. The number of benzene rings is 2. The zero-order valence-corrected chi connectivity index (χ0v) is 12.1. The fourth-order valence-corrected chi connectivity index (χ4v) is 2.72. The normalized spacial score (nSPS) is 20.4. The van der Waals surface area contributed by atoms with E-state index in [1.165, 1.54) is 4.90 Å². The van der Waals surface area contributed by atoms with Crippen LogP contribution in [0.5, 0.6) is 0 Å². The first-order valence-electron chi connectivity index (χ1n) is 6.96. The smallest absolute Gasteiger partial charge is 0.295 e. The molecule has 3 rings (SSSR count). The largest absolute Gasteiger partial charge is 0.507 e. The van der Waals surface area contributed by atoms with Crippen molar-refractivity contribution in [3.05, 3.63) is 77.4 Å². The molecule has 0 unspecified atom stereocenters. The minimum atomic E-state index is -0.655. The molecule has 1 fully saturated rings. The van der Waals surface area contributed by atoms with E-state index in [0.717, 1.165) is 5.56 Å². The lowest BCUT2D eigenvalue weighted by Gasteiger charge is -2.20. The van der Waals surface area contributed by atoms with Crippen molar-refractivity contribution in [2.75, 3.05) is 7.05 Å². The van der Waals surface area contributed by atoms with Crippen LogP contribution in [0.25, 0.3) is 5.76 Å². The molecule has 22 heavy (non-hydrogen) atoms. The maximum Gasteiger partial charge on any atom is 0.295 e. The molecule has 110 valence electrons. The van der Waals surface area contributed by atoms with E-state index < -0.39 is 17.7 Å². The molecule has 0 radical (unpaired) electrons. The van der Waals surface area contributed by atoms with Crippen molar-refractivity contribution in [3.63, 3.8) is 0 Å². The highest BCUT2D eigenvalue weighted by molar-refractivity contribution is 6.46. The second kappa shape index (κ2) is 5.48. The van der Waals surface area contributed by atoms with Crippen molar-refractivity contribution in [1.82, 2.24) is 4.90 Å². The SMILES string of the molecule is CN1C(=O)C(=O)C(=C(O)c2ccccc2)[C@H]1c1ccccc1. The van der Waals surface area contributed by atoms with E-state index in [2.05, 4.69) is 0 Å². The van der Waals surface area contributed by atoms with Crippen LogP contribution in [0.3, 0.4) is 0 Å². The lowest BCUT2D eigenvalue weighted by molar-refractivity contribution is -0.139. The summed E-state index contributed by atoms with van der Waals surface area (Å²) in [5.74, 6) is -1.40. The number of nitrogens with zero attached hydrogens (tertiary/aromatic N) is 1. The van der Waals surface area contributed by atoms with Crippen LogP contribution >= 0.6 is 0 Å². The van der Waals surface area contributed by atoms with Crippen LogP contribution in [0.2, 0.25) is 0 Å². The summed E-state index contributed by atoms with van der Waals surface area (Å²) in [5, 5.41) is 10.5. The Kier molecular flexibility index (Phi) is 3.51. The van der Waals surface area contributed by atoms with Crippen molar-refractivity contribution in [2.24, 2.45) is 0 Å². The van der Waals surface area contributed by atoms with E-state index in [-0.39, 0.29) is 11.3 Å². The molecule has 0 spiro atoms. The molecule has 4 nitrogen and oxygen atoms in total. The van der Waals surface area contributed by atoms with Crippen LogP contribution in [0.1, 0.15) is 17.2 Å². The van der Waals surface area contributed by atoms with Crippen LogP contribution < -0.4 is 0 Å². The minimum Gasteiger partial charge on any atom is -0.507 e. The summed E-state index contributed by atoms with van der Waals surface area (Å²) in [6, 6.07) is 17.4. The lowest BCUT2D eigenvalue weighted by Crippen LogP contribution is -2.24. The van der Waals surface area contributed by atoms with E-state index in [1.807, 2.05) is 36.4 Å². The van der Waals surface area contributed by atoms with E-state index in [0.29, 0.717) is 5.56 Å². The molecular weight excluding hydrogens is 278 g/mol. The van der Waals surface area contributed by atoms with E-state index >= 15 is 0 Å². The standard InChI is InChI=1S/C18H15NO3/c1-19-15(12-8-4-2-5-9-12)14(17(21)18(19)22)16(20)13-10-6-3-7-11-13/h2-11,15,20H,1H3/t15-/m1/s1. The van der Waals surface area contributed by atoms with Crippen LogP contribution in [0.15, 0.2) is 66.2 Å². The highest BCUT2D eigenvalue weighted by Crippen LogP contribution is 2.37. The second-order valence-electron chi connectivity index (χ2n) is 5.19. The van der Waals surface area contributed by atoms with Crippen molar-refractivity contribution < 1.29 is 14.7 Å². The molecule has 1 aliphatic heterocycles. The molecule has 0 aliphatic carbocycles. The number of amides is 1. The summed E-state index contributed by atoms with van der Waals surface area (Å²) in [4.78, 5) is 25.7. The number of Topliss-reactive ketones (excluding diaryl/α,β-unsaturated/α-hetero) is 1. The Bertz CT molecular complexity index is 750. The van der Waals surface area contributed by atoms with Crippen molar-refractivity contribution in [3.8, 4) is 0 Å². The van der Waals surface area contributed by atoms with Gasteiger partial charge < -0.3 is 10.0 Å². The van der Waals surface area contributed by atoms with Gasteiger partial charge in [-0.25, -0.2) is 0 Å². The molecule has 1 saturated heterocycles. The molecule has 1 heterocycles. The van der Waals surface area contributed by atoms with E-state index in [9.17, 15) is 14.7 Å². The molecule has 0 aromatic heterocycles. The summed E-state index contributed by atoms with van der Waals surface area (Å²) in [7, 11) is 1.57. The maximum atomic E-state index is 12.3. The summed E-state index contributed by atoms with van der Waals surface area (Å²) in [6.07, 6.45) is 0. The highest BCUT2D eigenvalue weighted by atomic mass is 16.3. The Morgan fingerprint density at radius 3 is 2.09 bits per heavy atom. The Morgan fingerprint density at radius 2 is 1.50 bits per heavy atom. The number of rotatable bonds is 2. The van der Waals surface area contributed by atoms with Gasteiger partial charge >= 0.3 is 0 Å². The third kappa shape index (κ3) is 2.19. The van der Waals surface area contributed by atoms with Crippen molar-refractivity contribution >= 4 is 17.4 Å². The molecule has 1 aliphatic rings. The second-order valence-corrected chi connectivity index (χ2v) is 5.19. The Labute approximate surface area is 128 Å². The zero-order valence-electron chi connectivity index (χ0n) is 12.1. The van der Waals surface area contributed by atoms with Gasteiger partial charge in [0.25, 0.3) is 11.7 Å². The Hall–Kier alpha value is -2.88. The molecule has 1 amide bonds. The van der Waals surface area contributed by atoms with Gasteiger partial charge in [-0.2, -0.15) is 0 Å². The summed E-state index contributed by atoms with van der Waals surface area (Å²) >= 11 is 0. The molecule has 1 N–H and O–H groups in total. The van der Waals surface area contributed by atoms with Gasteiger partial charge in [0.1, 0.15) is 5.76 Å². The van der Waals surface area contributed by atoms with Crippen LogP contribution in [-0.4, -0.2) is 28.7 Å². The summed E-state index contributed by atoms with van der Waals surface area (Å²) < 4.78 is 0. The number of hydrogen-bond donors (Lipinski definition) is 1. The van der Waals surface area contributed by atoms with Gasteiger partial charge in [0.2, 0.25) is 0 Å². The first-order valence-corrected chi connectivity index (χ1v) is 6.96. The van der Waals surface area contributed by atoms with Gasteiger partial charge in [-0.15, -0.1) is 0 Å². The van der Waals surface area contributed by atoms with Gasteiger partial charge in [0.15, 0.2) is 0 Å². The molecule has 0 saturated carbocycles. The van der Waals surface area contributed by atoms with Crippen LogP contribution in [0, 0.1) is 0 Å². The first-order chi connectivity index (χ1) is 10.6. The fourth-order valence-electron chi connectivity index (χ4n) is 2.72. The number of carbonyl (C=O) groups excluding carboxylic acids is 2. The predicted molar refractivity (Wildman–Crippen MR) is 83.0 cm³/mol. The number of aliphatic hydroxyl groups is 1. The highest BCUT2D eigenvalue weighted by Gasteiger charge is 2.43. The van der Waals surface area contributed by atoms with E-state index in [4.69, 9.17) is 0 Å². The van der Waals surface area contributed by atoms with E-state index in [1.54, 1.807) is 31.3 Å². The quantitative estimate of drug-likeness (QED) is 0.526. The minimum absolute atomic E-state index is 0.130. The number of hydrogen-bond acceptors (Lipinski definition) is 3. The maximum absolute atomic E-state index is 12.3. The van der Waals surface area contributed by atoms with Gasteiger partial charge in [-0.05, 0) is 5.56 Å². The average molecular weight is 293 g/mol. The van der Waals surface area contributed by atoms with Gasteiger partial charge in [0, 0.05) is 12.6 Å². The monoisotopic (exact) mass is 293 g/mol. The first kappa shape index (κ1) is 14.1. The third-order valence-electron chi connectivity index (χ3n) is 3.84. The Balaban J connectivity index is 2.18. The summed E-state index contributed by atoms with van der Waals surface area (Å²) in [5.41, 5.74) is 1.45. The number of carbonyl (C=O) groups is 2. The molecule has 2 aromatic carbocycles. The average Bonchev–Trinajstić information content (AvgIpc) is 2.80. The number of aliphatic hydroxyl groups excluding tert-OH is 1. The summed E-state index contributed by atoms with van der Waals surface area (Å²) in [6.45, 7) is 0. The molecular formula is C18H15NO3. The fraction of sp³-hybridized carbons (Fsp3) is 0.111. The molecule has 0 bridgehead atoms. The topological polar surface area (TPSA) is 57.6 Å². The molecule has 1 atom stereocenters. The van der Waals surface area contributed by atoms with Crippen molar-refractivity contribution in [1.29, 1.82) is 0 Å². The number of likely N-dealkylation sites (tertiary alicyclic amines) is 1. The van der Waals surface area contributed by atoms with Gasteiger partial charge in [-0.3, -0.25) is 9.59 Å². The predicted octanol–water partition coefficient (Wildman–Crippen LogP) is 2.74. The van der Waals surface area contributed by atoms with Gasteiger partial charge in [0.05, 0.1) is 11.6 Å².